The summed E-state index contributed by atoms with van der Waals surface area (Å²) in [6, 6.07) is 5.09. The predicted octanol–water partition coefficient (Wildman–Crippen LogP) is 2.33. The van der Waals surface area contributed by atoms with Gasteiger partial charge in [0.05, 0.1) is 6.61 Å². The lowest BCUT2D eigenvalue weighted by Gasteiger charge is -2.27. The van der Waals surface area contributed by atoms with Gasteiger partial charge in [0.15, 0.2) is 0 Å². The van der Waals surface area contributed by atoms with Gasteiger partial charge in [-0.25, -0.2) is 4.39 Å². The highest BCUT2D eigenvalue weighted by molar-refractivity contribution is 5.58. The number of anilines is 1. The van der Waals surface area contributed by atoms with Gasteiger partial charge in [0.25, 0.3) is 0 Å². The van der Waals surface area contributed by atoms with Crippen molar-refractivity contribution in [2.45, 2.75) is 38.1 Å². The van der Waals surface area contributed by atoms with Gasteiger partial charge >= 0.3 is 0 Å². The normalized spacial score (nSPS) is 17.1. The lowest BCUT2D eigenvalue weighted by Crippen LogP contribution is -2.43. The Labute approximate surface area is 120 Å². The van der Waals surface area contributed by atoms with Crippen molar-refractivity contribution in [1.29, 1.82) is 0 Å². The van der Waals surface area contributed by atoms with Gasteiger partial charge in [0, 0.05) is 24.3 Å². The third-order valence-corrected chi connectivity index (χ3v) is 4.40. The van der Waals surface area contributed by atoms with Crippen molar-refractivity contribution in [2.24, 2.45) is 0 Å². The molecule has 0 saturated heterocycles. The van der Waals surface area contributed by atoms with E-state index < -0.39 is 0 Å². The van der Waals surface area contributed by atoms with Crippen molar-refractivity contribution in [3.8, 4) is 0 Å². The second-order valence-electron chi connectivity index (χ2n) is 5.94. The minimum Gasteiger partial charge on any atom is -0.394 e. The second-order valence-corrected chi connectivity index (χ2v) is 5.94. The molecule has 1 aromatic carbocycles. The molecule has 4 heteroatoms. The van der Waals surface area contributed by atoms with Gasteiger partial charge in [-0.1, -0.05) is 6.07 Å². The number of halogens is 1. The Kier molecular flexibility index (Phi) is 5.00. The Morgan fingerprint density at radius 1 is 1.40 bits per heavy atom. The molecule has 1 unspecified atom stereocenters. The first-order valence-corrected chi connectivity index (χ1v) is 7.41. The average Bonchev–Trinajstić information content (AvgIpc) is 2.86. The summed E-state index contributed by atoms with van der Waals surface area (Å²) in [6.45, 7) is 4.14. The maximum Gasteiger partial charge on any atom is 0.125 e. The van der Waals surface area contributed by atoms with Crippen molar-refractivity contribution in [3.05, 3.63) is 29.6 Å². The third-order valence-electron chi connectivity index (χ3n) is 4.40. The highest BCUT2D eigenvalue weighted by Crippen LogP contribution is 2.29. The van der Waals surface area contributed by atoms with Crippen LogP contribution in [0.25, 0.3) is 0 Å². The van der Waals surface area contributed by atoms with Crippen LogP contribution < -0.4 is 10.2 Å². The van der Waals surface area contributed by atoms with Gasteiger partial charge in [-0.3, -0.25) is 0 Å². The van der Waals surface area contributed by atoms with Crippen LogP contribution >= 0.6 is 0 Å². The predicted molar refractivity (Wildman–Crippen MR) is 80.7 cm³/mol. The number of hydrogen-bond donors (Lipinski definition) is 2. The molecule has 1 heterocycles. The van der Waals surface area contributed by atoms with E-state index in [1.165, 1.54) is 5.56 Å². The van der Waals surface area contributed by atoms with Crippen molar-refractivity contribution in [1.82, 2.24) is 5.32 Å². The van der Waals surface area contributed by atoms with E-state index in [0.29, 0.717) is 0 Å². The Balaban J connectivity index is 1.81. The summed E-state index contributed by atoms with van der Waals surface area (Å²) < 4.78 is 13.3. The van der Waals surface area contributed by atoms with Gasteiger partial charge in [0.2, 0.25) is 0 Å². The van der Waals surface area contributed by atoms with Gasteiger partial charge < -0.3 is 15.3 Å². The van der Waals surface area contributed by atoms with E-state index in [4.69, 9.17) is 0 Å². The summed E-state index contributed by atoms with van der Waals surface area (Å²) in [5, 5.41) is 12.5. The standard InChI is InChI=1S/C16H25FN2O/c1-16(12-20,18-2)8-3-4-9-19-10-7-13-5-6-14(17)11-15(13)19/h5-6,11,18,20H,3-4,7-10,12H2,1-2H3. The van der Waals surface area contributed by atoms with Crippen molar-refractivity contribution >= 4 is 5.69 Å². The molecule has 1 aliphatic heterocycles. The number of hydrogen-bond acceptors (Lipinski definition) is 3. The Morgan fingerprint density at radius 2 is 2.20 bits per heavy atom. The van der Waals surface area contributed by atoms with Gasteiger partial charge in [-0.15, -0.1) is 0 Å². The fourth-order valence-corrected chi connectivity index (χ4v) is 2.75. The molecule has 20 heavy (non-hydrogen) atoms. The van der Waals surface area contributed by atoms with E-state index >= 15 is 0 Å². The summed E-state index contributed by atoms with van der Waals surface area (Å²) in [5.41, 5.74) is 2.13. The van der Waals surface area contributed by atoms with Crippen molar-refractivity contribution < 1.29 is 9.50 Å². The van der Waals surface area contributed by atoms with Crippen LogP contribution in [0.15, 0.2) is 18.2 Å². The summed E-state index contributed by atoms with van der Waals surface area (Å²) in [5.74, 6) is -0.154. The molecule has 0 amide bonds. The quantitative estimate of drug-likeness (QED) is 0.753. The molecular weight excluding hydrogens is 255 g/mol. The fraction of sp³-hybridized carbons (Fsp3) is 0.625. The van der Waals surface area contributed by atoms with Gasteiger partial charge in [-0.2, -0.15) is 0 Å². The van der Waals surface area contributed by atoms with Crippen LogP contribution in [0.2, 0.25) is 0 Å². The maximum atomic E-state index is 13.3. The summed E-state index contributed by atoms with van der Waals surface area (Å²) >= 11 is 0. The minimum atomic E-state index is -0.185. The molecule has 112 valence electrons. The van der Waals surface area contributed by atoms with Gasteiger partial charge in [-0.05, 0) is 57.4 Å². The summed E-state index contributed by atoms with van der Waals surface area (Å²) in [4.78, 5) is 2.27. The monoisotopic (exact) mass is 280 g/mol. The first-order chi connectivity index (χ1) is 9.58. The highest BCUT2D eigenvalue weighted by Gasteiger charge is 2.21. The lowest BCUT2D eigenvalue weighted by atomic mass is 9.96. The fourth-order valence-electron chi connectivity index (χ4n) is 2.75. The first kappa shape index (κ1) is 15.3. The molecule has 0 saturated carbocycles. The van der Waals surface area contributed by atoms with Crippen LogP contribution in [0.5, 0.6) is 0 Å². The van der Waals surface area contributed by atoms with E-state index in [2.05, 4.69) is 10.2 Å². The Hall–Kier alpha value is -1.13. The Bertz CT molecular complexity index is 446. The van der Waals surface area contributed by atoms with Gasteiger partial charge in [0.1, 0.15) is 5.82 Å². The maximum absolute atomic E-state index is 13.3. The number of aliphatic hydroxyl groups excluding tert-OH is 1. The molecular formula is C16H25FN2O. The van der Waals surface area contributed by atoms with Crippen LogP contribution in [0, 0.1) is 5.82 Å². The van der Waals surface area contributed by atoms with Crippen LogP contribution in [0.3, 0.4) is 0 Å². The number of nitrogens with one attached hydrogen (secondary N) is 1. The van der Waals surface area contributed by atoms with Crippen LogP contribution in [0.1, 0.15) is 31.7 Å². The van der Waals surface area contributed by atoms with E-state index in [9.17, 15) is 9.50 Å². The van der Waals surface area contributed by atoms with Crippen molar-refractivity contribution in [2.75, 3.05) is 31.6 Å². The van der Waals surface area contributed by atoms with Crippen LogP contribution in [0.4, 0.5) is 10.1 Å². The molecule has 2 rings (SSSR count). The van der Waals surface area contributed by atoms with Crippen molar-refractivity contribution in [3.63, 3.8) is 0 Å². The zero-order valence-corrected chi connectivity index (χ0v) is 12.5. The first-order valence-electron chi connectivity index (χ1n) is 7.41. The SMILES string of the molecule is CNC(C)(CO)CCCCN1CCc2ccc(F)cc21. The summed E-state index contributed by atoms with van der Waals surface area (Å²) in [7, 11) is 1.88. The van der Waals surface area contributed by atoms with E-state index in [-0.39, 0.29) is 18.0 Å². The largest absolute Gasteiger partial charge is 0.394 e. The van der Waals surface area contributed by atoms with E-state index in [0.717, 1.165) is 44.5 Å². The number of likely N-dealkylation sites (N-methyl/N-ethyl adjacent to an activating group) is 1. The number of fused-ring (bicyclic) bond motifs is 1. The van der Waals surface area contributed by atoms with Crippen LogP contribution in [-0.4, -0.2) is 37.4 Å². The summed E-state index contributed by atoms with van der Waals surface area (Å²) in [6.07, 6.45) is 4.08. The lowest BCUT2D eigenvalue weighted by molar-refractivity contribution is 0.171. The van der Waals surface area contributed by atoms with E-state index in [1.54, 1.807) is 12.1 Å². The van der Waals surface area contributed by atoms with Crippen LogP contribution in [-0.2, 0) is 6.42 Å². The Morgan fingerprint density at radius 3 is 2.90 bits per heavy atom. The number of rotatable bonds is 7. The molecule has 0 aromatic heterocycles. The molecule has 2 N–H and O–H groups in total. The number of unbranched alkanes of at least 4 members (excludes halogenated alkanes) is 1. The highest BCUT2D eigenvalue weighted by atomic mass is 19.1. The van der Waals surface area contributed by atoms with E-state index in [1.807, 2.05) is 20.0 Å². The molecule has 0 radical (unpaired) electrons. The average molecular weight is 280 g/mol. The molecule has 0 fully saturated rings. The number of benzene rings is 1. The number of aliphatic hydroxyl groups is 1. The topological polar surface area (TPSA) is 35.5 Å². The third kappa shape index (κ3) is 3.49. The number of nitrogens with zero attached hydrogens (tertiary/aromatic N) is 1. The molecule has 0 aliphatic carbocycles. The molecule has 1 aliphatic rings. The molecule has 0 bridgehead atoms. The minimum absolute atomic E-state index is 0.154. The second kappa shape index (κ2) is 6.55. The molecule has 0 spiro atoms. The smallest absolute Gasteiger partial charge is 0.125 e. The zero-order valence-electron chi connectivity index (χ0n) is 12.5. The molecule has 3 nitrogen and oxygen atoms in total. The molecule has 1 aromatic rings. The zero-order chi connectivity index (χ0) is 14.6. The molecule has 1 atom stereocenters.